The summed E-state index contributed by atoms with van der Waals surface area (Å²) in [4.78, 5) is 19.4. The lowest BCUT2D eigenvalue weighted by molar-refractivity contribution is -0.123. The van der Waals surface area contributed by atoms with Gasteiger partial charge in [0.1, 0.15) is 17.4 Å². The van der Waals surface area contributed by atoms with Gasteiger partial charge in [-0.2, -0.15) is 0 Å². The number of aromatic amines is 1. The SMILES string of the molecule is O=C(COc1ccc(Cl)c(F)c1)NCCc1nc2ccccc2[nH]1. The molecular weight excluding hydrogens is 333 g/mol. The van der Waals surface area contributed by atoms with Crippen LogP contribution in [-0.4, -0.2) is 29.0 Å². The monoisotopic (exact) mass is 347 g/mol. The van der Waals surface area contributed by atoms with Gasteiger partial charge in [-0.3, -0.25) is 4.79 Å². The van der Waals surface area contributed by atoms with Gasteiger partial charge in [0.05, 0.1) is 16.1 Å². The highest BCUT2D eigenvalue weighted by Gasteiger charge is 2.06. The number of halogens is 2. The number of carbonyl (C=O) groups is 1. The van der Waals surface area contributed by atoms with Crippen molar-refractivity contribution in [3.8, 4) is 5.75 Å². The first-order chi connectivity index (χ1) is 11.6. The van der Waals surface area contributed by atoms with Crippen molar-refractivity contribution in [1.82, 2.24) is 15.3 Å². The van der Waals surface area contributed by atoms with Crippen LogP contribution in [0.2, 0.25) is 5.02 Å². The van der Waals surface area contributed by atoms with Crippen molar-refractivity contribution >= 4 is 28.5 Å². The maximum atomic E-state index is 13.3. The van der Waals surface area contributed by atoms with Crippen molar-refractivity contribution in [2.45, 2.75) is 6.42 Å². The molecule has 0 fully saturated rings. The van der Waals surface area contributed by atoms with Crippen LogP contribution < -0.4 is 10.1 Å². The van der Waals surface area contributed by atoms with E-state index in [-0.39, 0.29) is 23.3 Å². The molecule has 1 aromatic heterocycles. The van der Waals surface area contributed by atoms with Crippen molar-refractivity contribution in [2.24, 2.45) is 0 Å². The van der Waals surface area contributed by atoms with Gasteiger partial charge in [-0.15, -0.1) is 0 Å². The molecule has 0 radical (unpaired) electrons. The zero-order chi connectivity index (χ0) is 16.9. The number of nitrogens with zero attached hydrogens (tertiary/aromatic N) is 1. The van der Waals surface area contributed by atoms with Crippen molar-refractivity contribution in [1.29, 1.82) is 0 Å². The molecular formula is C17H15ClFN3O2. The summed E-state index contributed by atoms with van der Waals surface area (Å²) in [5.41, 5.74) is 1.86. The van der Waals surface area contributed by atoms with Crippen LogP contribution in [0.5, 0.6) is 5.75 Å². The van der Waals surface area contributed by atoms with Gasteiger partial charge >= 0.3 is 0 Å². The molecule has 24 heavy (non-hydrogen) atoms. The number of benzene rings is 2. The fourth-order valence-electron chi connectivity index (χ4n) is 2.21. The molecule has 7 heteroatoms. The van der Waals surface area contributed by atoms with E-state index in [0.717, 1.165) is 22.9 Å². The smallest absolute Gasteiger partial charge is 0.257 e. The minimum atomic E-state index is -0.584. The Morgan fingerprint density at radius 2 is 2.12 bits per heavy atom. The topological polar surface area (TPSA) is 67.0 Å². The number of hydrogen-bond donors (Lipinski definition) is 2. The van der Waals surface area contributed by atoms with Crippen molar-refractivity contribution in [3.05, 3.63) is 59.1 Å². The van der Waals surface area contributed by atoms with E-state index >= 15 is 0 Å². The Morgan fingerprint density at radius 1 is 1.29 bits per heavy atom. The number of fused-ring (bicyclic) bond motifs is 1. The number of imidazole rings is 1. The Bertz CT molecular complexity index is 833. The highest BCUT2D eigenvalue weighted by atomic mass is 35.5. The third-order valence-corrected chi connectivity index (χ3v) is 3.69. The largest absolute Gasteiger partial charge is 0.484 e. The number of amides is 1. The van der Waals surface area contributed by atoms with Crippen LogP contribution >= 0.6 is 11.6 Å². The first-order valence-corrected chi connectivity index (χ1v) is 7.78. The lowest BCUT2D eigenvalue weighted by atomic mass is 10.3. The molecule has 5 nitrogen and oxygen atoms in total. The number of hydrogen-bond acceptors (Lipinski definition) is 3. The molecule has 0 unspecified atom stereocenters. The summed E-state index contributed by atoms with van der Waals surface area (Å²) in [7, 11) is 0. The quantitative estimate of drug-likeness (QED) is 0.720. The van der Waals surface area contributed by atoms with Crippen LogP contribution in [0.15, 0.2) is 42.5 Å². The third kappa shape index (κ3) is 4.02. The fourth-order valence-corrected chi connectivity index (χ4v) is 2.33. The second-order valence-electron chi connectivity index (χ2n) is 5.17. The van der Waals surface area contributed by atoms with Crippen LogP contribution in [-0.2, 0) is 11.2 Å². The Hall–Kier alpha value is -2.60. The van der Waals surface area contributed by atoms with E-state index < -0.39 is 5.82 Å². The van der Waals surface area contributed by atoms with Crippen LogP contribution in [0.25, 0.3) is 11.0 Å². The summed E-state index contributed by atoms with van der Waals surface area (Å²) < 4.78 is 18.5. The summed E-state index contributed by atoms with van der Waals surface area (Å²) in [6.45, 7) is 0.234. The van der Waals surface area contributed by atoms with E-state index in [1.165, 1.54) is 12.1 Å². The Morgan fingerprint density at radius 3 is 2.92 bits per heavy atom. The lowest BCUT2D eigenvalue weighted by Gasteiger charge is -2.07. The van der Waals surface area contributed by atoms with Gasteiger partial charge in [-0.1, -0.05) is 23.7 Å². The van der Waals surface area contributed by atoms with Gasteiger partial charge in [0.25, 0.3) is 5.91 Å². The molecule has 0 aliphatic carbocycles. The number of carbonyl (C=O) groups excluding carboxylic acids is 1. The van der Waals surface area contributed by atoms with Gasteiger partial charge in [0, 0.05) is 19.0 Å². The minimum Gasteiger partial charge on any atom is -0.484 e. The molecule has 124 valence electrons. The van der Waals surface area contributed by atoms with Crippen LogP contribution in [0.3, 0.4) is 0 Å². The normalized spacial score (nSPS) is 10.8. The Labute approximate surface area is 142 Å². The standard InChI is InChI=1S/C17H15ClFN3O2/c18-12-6-5-11(9-13(12)19)24-10-17(23)20-8-7-16-21-14-3-1-2-4-15(14)22-16/h1-6,9H,7-8,10H2,(H,20,23)(H,21,22). The first kappa shape index (κ1) is 16.3. The van der Waals surface area contributed by atoms with E-state index in [2.05, 4.69) is 15.3 Å². The van der Waals surface area contributed by atoms with Gasteiger partial charge in [0.2, 0.25) is 0 Å². The molecule has 1 amide bonds. The molecule has 2 N–H and O–H groups in total. The van der Waals surface area contributed by atoms with Gasteiger partial charge in [-0.05, 0) is 24.3 Å². The highest BCUT2D eigenvalue weighted by Crippen LogP contribution is 2.20. The molecule has 2 aromatic carbocycles. The molecule has 0 saturated heterocycles. The summed E-state index contributed by atoms with van der Waals surface area (Å²) >= 11 is 5.58. The minimum absolute atomic E-state index is 0.0117. The van der Waals surface area contributed by atoms with E-state index in [1.54, 1.807) is 0 Å². The molecule has 0 atom stereocenters. The zero-order valence-corrected chi connectivity index (χ0v) is 13.4. The predicted molar refractivity (Wildman–Crippen MR) is 89.7 cm³/mol. The van der Waals surface area contributed by atoms with Crippen LogP contribution in [0.1, 0.15) is 5.82 Å². The second kappa shape index (κ2) is 7.31. The second-order valence-corrected chi connectivity index (χ2v) is 5.57. The third-order valence-electron chi connectivity index (χ3n) is 3.38. The lowest BCUT2D eigenvalue weighted by Crippen LogP contribution is -2.30. The Balaban J connectivity index is 1.44. The molecule has 3 aromatic rings. The maximum Gasteiger partial charge on any atom is 0.257 e. The van der Waals surface area contributed by atoms with Crippen LogP contribution in [0, 0.1) is 5.82 Å². The number of rotatable bonds is 6. The van der Waals surface area contributed by atoms with Crippen LogP contribution in [0.4, 0.5) is 4.39 Å². The van der Waals surface area contributed by atoms with Gasteiger partial charge in [-0.25, -0.2) is 9.37 Å². The molecule has 0 aliphatic rings. The van der Waals surface area contributed by atoms with Gasteiger partial charge in [0.15, 0.2) is 6.61 Å². The first-order valence-electron chi connectivity index (χ1n) is 7.40. The Kier molecular flexibility index (Phi) is 4.96. The summed E-state index contributed by atoms with van der Waals surface area (Å²) in [6.07, 6.45) is 0.579. The summed E-state index contributed by atoms with van der Waals surface area (Å²) in [6, 6.07) is 11.8. The maximum absolute atomic E-state index is 13.3. The molecule has 0 aliphatic heterocycles. The molecule has 0 bridgehead atoms. The summed E-state index contributed by atoms with van der Waals surface area (Å²) in [5, 5.41) is 2.74. The van der Waals surface area contributed by atoms with E-state index in [4.69, 9.17) is 16.3 Å². The van der Waals surface area contributed by atoms with Crippen molar-refractivity contribution < 1.29 is 13.9 Å². The highest BCUT2D eigenvalue weighted by molar-refractivity contribution is 6.30. The molecule has 3 rings (SSSR count). The van der Waals surface area contributed by atoms with Crippen molar-refractivity contribution in [2.75, 3.05) is 13.2 Å². The number of aromatic nitrogens is 2. The van der Waals surface area contributed by atoms with E-state index in [9.17, 15) is 9.18 Å². The number of H-pyrrole nitrogens is 1. The number of para-hydroxylation sites is 2. The average Bonchev–Trinajstić information content (AvgIpc) is 2.98. The fraction of sp³-hybridized carbons (Fsp3) is 0.176. The number of ether oxygens (including phenoxy) is 1. The molecule has 1 heterocycles. The van der Waals surface area contributed by atoms with E-state index in [1.807, 2.05) is 24.3 Å². The van der Waals surface area contributed by atoms with Gasteiger partial charge < -0.3 is 15.0 Å². The summed E-state index contributed by atoms with van der Waals surface area (Å²) in [5.74, 6) is 0.183. The number of nitrogens with one attached hydrogen (secondary N) is 2. The zero-order valence-electron chi connectivity index (χ0n) is 12.7. The predicted octanol–water partition coefficient (Wildman–Crippen LogP) is 3.09. The van der Waals surface area contributed by atoms with E-state index in [0.29, 0.717) is 13.0 Å². The molecule has 0 spiro atoms. The molecule has 0 saturated carbocycles. The van der Waals surface area contributed by atoms with Crippen molar-refractivity contribution in [3.63, 3.8) is 0 Å². The average molecular weight is 348 g/mol.